The number of hydrogen-bond acceptors (Lipinski definition) is 4. The van der Waals surface area contributed by atoms with Gasteiger partial charge in [0, 0.05) is 25.0 Å². The van der Waals surface area contributed by atoms with Crippen molar-refractivity contribution in [2.75, 3.05) is 26.0 Å². The summed E-state index contributed by atoms with van der Waals surface area (Å²) in [6.07, 6.45) is 0. The van der Waals surface area contributed by atoms with Gasteiger partial charge in [0.05, 0.1) is 12.1 Å². The SMILES string of the molecule is CNc1nc2ccccc2cc1CN1C(=O)CN(C)C1=O. The number of para-hydroxylation sites is 1. The molecule has 0 unspecified atom stereocenters. The fourth-order valence-corrected chi connectivity index (χ4v) is 2.49. The molecule has 0 saturated carbocycles. The number of amides is 3. The Balaban J connectivity index is 2.00. The summed E-state index contributed by atoms with van der Waals surface area (Å²) in [5.41, 5.74) is 1.70. The third kappa shape index (κ3) is 2.29. The number of rotatable bonds is 3. The van der Waals surface area contributed by atoms with E-state index in [1.54, 1.807) is 14.1 Å². The Hall–Kier alpha value is -2.63. The largest absolute Gasteiger partial charge is 0.373 e. The molecule has 2 heterocycles. The molecule has 0 spiro atoms. The van der Waals surface area contributed by atoms with E-state index >= 15 is 0 Å². The summed E-state index contributed by atoms with van der Waals surface area (Å²) < 4.78 is 0. The first-order chi connectivity index (χ1) is 10.1. The lowest BCUT2D eigenvalue weighted by molar-refractivity contribution is -0.125. The first-order valence-corrected chi connectivity index (χ1v) is 6.72. The Labute approximate surface area is 122 Å². The molecule has 2 aromatic rings. The van der Waals surface area contributed by atoms with Crippen LogP contribution in [0.2, 0.25) is 0 Å². The van der Waals surface area contributed by atoms with E-state index in [0.29, 0.717) is 5.82 Å². The molecule has 1 aromatic carbocycles. The van der Waals surface area contributed by atoms with Gasteiger partial charge in [-0.3, -0.25) is 9.69 Å². The number of anilines is 1. The van der Waals surface area contributed by atoms with Crippen LogP contribution in [0.4, 0.5) is 10.6 Å². The number of pyridine rings is 1. The Morgan fingerprint density at radius 2 is 2.05 bits per heavy atom. The summed E-state index contributed by atoms with van der Waals surface area (Å²) in [4.78, 5) is 31.1. The van der Waals surface area contributed by atoms with Gasteiger partial charge in [-0.2, -0.15) is 0 Å². The van der Waals surface area contributed by atoms with Gasteiger partial charge in [-0.1, -0.05) is 18.2 Å². The van der Waals surface area contributed by atoms with Crippen LogP contribution in [0.3, 0.4) is 0 Å². The fourth-order valence-electron chi connectivity index (χ4n) is 2.49. The Kier molecular flexibility index (Phi) is 3.21. The molecule has 1 N–H and O–H groups in total. The van der Waals surface area contributed by atoms with Crippen LogP contribution < -0.4 is 5.32 Å². The van der Waals surface area contributed by atoms with E-state index in [9.17, 15) is 9.59 Å². The van der Waals surface area contributed by atoms with Crippen molar-refractivity contribution in [2.24, 2.45) is 0 Å². The molecule has 1 aliphatic heterocycles. The molecular weight excluding hydrogens is 268 g/mol. The second kappa shape index (κ2) is 5.05. The molecular formula is C15H16N4O2. The average Bonchev–Trinajstić information content (AvgIpc) is 2.73. The molecule has 1 aliphatic rings. The van der Waals surface area contributed by atoms with Gasteiger partial charge in [0.2, 0.25) is 0 Å². The average molecular weight is 284 g/mol. The maximum absolute atomic E-state index is 12.0. The van der Waals surface area contributed by atoms with Crippen LogP contribution in [0.15, 0.2) is 30.3 Å². The monoisotopic (exact) mass is 284 g/mol. The maximum atomic E-state index is 12.0. The van der Waals surface area contributed by atoms with Gasteiger partial charge in [0.1, 0.15) is 12.4 Å². The van der Waals surface area contributed by atoms with Crippen LogP contribution in [0.5, 0.6) is 0 Å². The van der Waals surface area contributed by atoms with E-state index in [0.717, 1.165) is 16.5 Å². The number of urea groups is 1. The highest BCUT2D eigenvalue weighted by molar-refractivity contribution is 6.01. The zero-order valence-corrected chi connectivity index (χ0v) is 12.0. The smallest absolute Gasteiger partial charge is 0.327 e. The predicted octanol–water partition coefficient (Wildman–Crippen LogP) is 1.67. The summed E-state index contributed by atoms with van der Waals surface area (Å²) in [7, 11) is 3.40. The second-order valence-electron chi connectivity index (χ2n) is 5.06. The third-order valence-corrected chi connectivity index (χ3v) is 3.60. The van der Waals surface area contributed by atoms with E-state index in [4.69, 9.17) is 0 Å². The van der Waals surface area contributed by atoms with Crippen molar-refractivity contribution < 1.29 is 9.59 Å². The molecule has 1 saturated heterocycles. The topological polar surface area (TPSA) is 65.5 Å². The van der Waals surface area contributed by atoms with E-state index < -0.39 is 0 Å². The lowest BCUT2D eigenvalue weighted by atomic mass is 10.1. The van der Waals surface area contributed by atoms with Gasteiger partial charge in [-0.25, -0.2) is 9.78 Å². The molecule has 6 nitrogen and oxygen atoms in total. The minimum absolute atomic E-state index is 0.134. The quantitative estimate of drug-likeness (QED) is 0.871. The van der Waals surface area contributed by atoms with Gasteiger partial charge in [-0.05, 0) is 12.1 Å². The summed E-state index contributed by atoms with van der Waals surface area (Å²) >= 11 is 0. The number of likely N-dealkylation sites (N-methyl/N-ethyl adjacent to an activating group) is 1. The van der Waals surface area contributed by atoms with E-state index in [1.807, 2.05) is 30.3 Å². The van der Waals surface area contributed by atoms with Crippen molar-refractivity contribution in [3.05, 3.63) is 35.9 Å². The molecule has 21 heavy (non-hydrogen) atoms. The third-order valence-electron chi connectivity index (χ3n) is 3.60. The fraction of sp³-hybridized carbons (Fsp3) is 0.267. The number of carbonyl (C=O) groups is 2. The lowest BCUT2D eigenvalue weighted by Gasteiger charge is -2.16. The van der Waals surface area contributed by atoms with Gasteiger partial charge >= 0.3 is 6.03 Å². The van der Waals surface area contributed by atoms with Crippen molar-refractivity contribution in [1.82, 2.24) is 14.8 Å². The van der Waals surface area contributed by atoms with Crippen molar-refractivity contribution in [2.45, 2.75) is 6.54 Å². The molecule has 1 aromatic heterocycles. The zero-order chi connectivity index (χ0) is 15.0. The van der Waals surface area contributed by atoms with Gasteiger partial charge in [0.25, 0.3) is 5.91 Å². The summed E-state index contributed by atoms with van der Waals surface area (Å²) in [6, 6.07) is 9.46. The summed E-state index contributed by atoms with van der Waals surface area (Å²) in [6.45, 7) is 0.366. The van der Waals surface area contributed by atoms with E-state index in [2.05, 4.69) is 10.3 Å². The van der Waals surface area contributed by atoms with Crippen molar-refractivity contribution in [3.63, 3.8) is 0 Å². The number of carbonyl (C=O) groups excluding carboxylic acids is 2. The minimum atomic E-state index is -0.268. The van der Waals surface area contributed by atoms with Crippen LogP contribution in [0.1, 0.15) is 5.56 Å². The molecule has 108 valence electrons. The number of imide groups is 1. The predicted molar refractivity (Wildman–Crippen MR) is 79.9 cm³/mol. The number of benzene rings is 1. The Morgan fingerprint density at radius 3 is 2.71 bits per heavy atom. The maximum Gasteiger partial charge on any atom is 0.327 e. The van der Waals surface area contributed by atoms with E-state index in [1.165, 1.54) is 9.80 Å². The van der Waals surface area contributed by atoms with Gasteiger partial charge in [-0.15, -0.1) is 0 Å². The zero-order valence-electron chi connectivity index (χ0n) is 12.0. The van der Waals surface area contributed by atoms with Crippen molar-refractivity contribution >= 4 is 28.7 Å². The first kappa shape index (κ1) is 13.4. The normalized spacial score (nSPS) is 15.1. The van der Waals surface area contributed by atoms with Crippen LogP contribution in [0.25, 0.3) is 10.9 Å². The standard InChI is InChI=1S/C15H16N4O2/c1-16-14-11(7-10-5-3-4-6-12(10)17-14)8-19-13(20)9-18(2)15(19)21/h3-7H,8-9H2,1-2H3,(H,16,17). The summed E-state index contributed by atoms with van der Waals surface area (Å²) in [5, 5.41) is 4.01. The number of nitrogens with one attached hydrogen (secondary N) is 1. The van der Waals surface area contributed by atoms with Gasteiger partial charge in [0.15, 0.2) is 0 Å². The number of fused-ring (bicyclic) bond motifs is 1. The highest BCUT2D eigenvalue weighted by Crippen LogP contribution is 2.23. The van der Waals surface area contributed by atoms with Crippen LogP contribution in [0, 0.1) is 0 Å². The van der Waals surface area contributed by atoms with Crippen LogP contribution >= 0.6 is 0 Å². The lowest BCUT2D eigenvalue weighted by Crippen LogP contribution is -2.31. The molecule has 0 aliphatic carbocycles. The van der Waals surface area contributed by atoms with Crippen LogP contribution in [-0.2, 0) is 11.3 Å². The molecule has 6 heteroatoms. The molecule has 3 rings (SSSR count). The van der Waals surface area contributed by atoms with Crippen LogP contribution in [-0.4, -0.2) is 47.4 Å². The Morgan fingerprint density at radius 1 is 1.29 bits per heavy atom. The number of nitrogens with zero attached hydrogens (tertiary/aromatic N) is 3. The molecule has 0 bridgehead atoms. The minimum Gasteiger partial charge on any atom is -0.373 e. The van der Waals surface area contributed by atoms with Gasteiger partial charge < -0.3 is 10.2 Å². The second-order valence-corrected chi connectivity index (χ2v) is 5.06. The van der Waals surface area contributed by atoms with E-state index in [-0.39, 0.29) is 25.0 Å². The Bertz CT molecular complexity index is 729. The van der Waals surface area contributed by atoms with Crippen molar-refractivity contribution in [1.29, 1.82) is 0 Å². The molecule has 0 radical (unpaired) electrons. The highest BCUT2D eigenvalue weighted by atomic mass is 16.2. The molecule has 0 atom stereocenters. The summed E-state index contributed by atoms with van der Waals surface area (Å²) in [5.74, 6) is 0.501. The highest BCUT2D eigenvalue weighted by Gasteiger charge is 2.33. The first-order valence-electron chi connectivity index (χ1n) is 6.72. The molecule has 3 amide bonds. The molecule has 1 fully saturated rings. The number of aromatic nitrogens is 1. The number of hydrogen-bond donors (Lipinski definition) is 1. The van der Waals surface area contributed by atoms with Crippen molar-refractivity contribution in [3.8, 4) is 0 Å².